The number of carbonyl (C=O) groups is 1. The Morgan fingerprint density at radius 2 is 2.03 bits per heavy atom. The van der Waals surface area contributed by atoms with Crippen LogP contribution in [0, 0.1) is 12.8 Å². The molecular formula is C25H30N4O2. The van der Waals surface area contributed by atoms with Gasteiger partial charge >= 0.3 is 0 Å². The number of nitrogens with zero attached hydrogens (tertiary/aromatic N) is 4. The predicted molar refractivity (Wildman–Crippen MR) is 121 cm³/mol. The van der Waals surface area contributed by atoms with Crippen LogP contribution in [0.25, 0.3) is 11.4 Å². The quantitative estimate of drug-likeness (QED) is 0.579. The van der Waals surface area contributed by atoms with Gasteiger partial charge in [0, 0.05) is 55.9 Å². The Balaban J connectivity index is 1.36. The standard InChI is InChI=1S/C25H30N4O2/c1-19-15-27-25(22-6-3-13-26-16-22)29(19)18-21-5-4-14-28(17-21)24(30)12-9-20-7-10-23(31-2)11-8-20/h3,6-8,10-11,13,15-16,21H,4-5,9,12,14,17-18H2,1-2H3. The number of imidazole rings is 1. The van der Waals surface area contributed by atoms with Crippen LogP contribution in [0.5, 0.6) is 5.75 Å². The van der Waals surface area contributed by atoms with E-state index in [9.17, 15) is 4.79 Å². The van der Waals surface area contributed by atoms with E-state index in [1.807, 2.05) is 53.7 Å². The Morgan fingerprint density at radius 1 is 1.19 bits per heavy atom. The predicted octanol–water partition coefficient (Wildman–Crippen LogP) is 4.13. The van der Waals surface area contributed by atoms with Gasteiger partial charge in [-0.3, -0.25) is 9.78 Å². The number of hydrogen-bond acceptors (Lipinski definition) is 4. The first-order valence-electron chi connectivity index (χ1n) is 11.0. The van der Waals surface area contributed by atoms with Crippen LogP contribution in [-0.4, -0.2) is 45.5 Å². The first kappa shape index (κ1) is 21.1. The molecule has 1 aromatic carbocycles. The minimum absolute atomic E-state index is 0.246. The molecule has 1 atom stereocenters. The van der Waals surface area contributed by atoms with Crippen LogP contribution in [0.3, 0.4) is 0 Å². The van der Waals surface area contributed by atoms with E-state index < -0.39 is 0 Å². The largest absolute Gasteiger partial charge is 0.497 e. The number of rotatable bonds is 7. The second-order valence-corrected chi connectivity index (χ2v) is 8.27. The topological polar surface area (TPSA) is 60.2 Å². The molecule has 1 aliphatic heterocycles. The van der Waals surface area contributed by atoms with E-state index in [4.69, 9.17) is 4.74 Å². The fraction of sp³-hybridized carbons (Fsp3) is 0.400. The van der Waals surface area contributed by atoms with Crippen LogP contribution >= 0.6 is 0 Å². The Labute approximate surface area is 183 Å². The van der Waals surface area contributed by atoms with Gasteiger partial charge in [-0.05, 0) is 61.9 Å². The van der Waals surface area contributed by atoms with E-state index in [-0.39, 0.29) is 5.91 Å². The van der Waals surface area contributed by atoms with Gasteiger partial charge in [0.2, 0.25) is 5.91 Å². The first-order chi connectivity index (χ1) is 15.1. The lowest BCUT2D eigenvalue weighted by Crippen LogP contribution is -2.41. The summed E-state index contributed by atoms with van der Waals surface area (Å²) in [6.45, 7) is 4.63. The fourth-order valence-corrected chi connectivity index (χ4v) is 4.32. The Kier molecular flexibility index (Phi) is 6.65. The Hall–Kier alpha value is -3.15. The summed E-state index contributed by atoms with van der Waals surface area (Å²) in [4.78, 5) is 23.8. The Bertz CT molecular complexity index is 998. The number of pyridine rings is 1. The molecule has 1 unspecified atom stereocenters. The van der Waals surface area contributed by atoms with Crippen LogP contribution in [-0.2, 0) is 17.8 Å². The van der Waals surface area contributed by atoms with Gasteiger partial charge in [-0.1, -0.05) is 12.1 Å². The van der Waals surface area contributed by atoms with Crippen molar-refractivity contribution in [2.45, 2.75) is 39.2 Å². The summed E-state index contributed by atoms with van der Waals surface area (Å²) in [6.07, 6.45) is 9.04. The van der Waals surface area contributed by atoms with Crippen molar-refractivity contribution in [3.8, 4) is 17.1 Å². The van der Waals surface area contributed by atoms with Crippen molar-refractivity contribution < 1.29 is 9.53 Å². The summed E-state index contributed by atoms with van der Waals surface area (Å²) in [7, 11) is 1.66. The third-order valence-electron chi connectivity index (χ3n) is 6.07. The van der Waals surface area contributed by atoms with Crippen molar-refractivity contribution in [3.63, 3.8) is 0 Å². The molecule has 0 bridgehead atoms. The molecule has 3 aromatic rings. The lowest BCUT2D eigenvalue weighted by Gasteiger charge is -2.33. The molecule has 0 N–H and O–H groups in total. The number of benzene rings is 1. The maximum absolute atomic E-state index is 12.9. The van der Waals surface area contributed by atoms with Gasteiger partial charge in [-0.25, -0.2) is 4.98 Å². The van der Waals surface area contributed by atoms with Gasteiger partial charge in [-0.2, -0.15) is 0 Å². The van der Waals surface area contributed by atoms with Crippen molar-refractivity contribution in [1.29, 1.82) is 0 Å². The minimum atomic E-state index is 0.246. The van der Waals surface area contributed by atoms with E-state index in [2.05, 4.69) is 21.5 Å². The zero-order valence-corrected chi connectivity index (χ0v) is 18.3. The van der Waals surface area contributed by atoms with Crippen LogP contribution in [0.2, 0.25) is 0 Å². The highest BCUT2D eigenvalue weighted by Gasteiger charge is 2.25. The molecule has 1 aliphatic rings. The zero-order valence-electron chi connectivity index (χ0n) is 18.3. The van der Waals surface area contributed by atoms with E-state index in [0.29, 0.717) is 12.3 Å². The molecule has 6 heteroatoms. The summed E-state index contributed by atoms with van der Waals surface area (Å²) in [5.74, 6) is 2.47. The SMILES string of the molecule is COc1ccc(CCC(=O)N2CCCC(Cn3c(C)cnc3-c3cccnc3)C2)cc1. The fourth-order valence-electron chi connectivity index (χ4n) is 4.32. The molecule has 1 amide bonds. The lowest BCUT2D eigenvalue weighted by molar-refractivity contribution is -0.133. The highest BCUT2D eigenvalue weighted by atomic mass is 16.5. The number of aromatic nitrogens is 3. The van der Waals surface area contributed by atoms with E-state index >= 15 is 0 Å². The highest BCUT2D eigenvalue weighted by molar-refractivity contribution is 5.76. The zero-order chi connectivity index (χ0) is 21.6. The molecule has 6 nitrogen and oxygen atoms in total. The minimum Gasteiger partial charge on any atom is -0.497 e. The molecule has 1 saturated heterocycles. The third kappa shape index (κ3) is 5.13. The third-order valence-corrected chi connectivity index (χ3v) is 6.07. The number of likely N-dealkylation sites (tertiary alicyclic amines) is 1. The summed E-state index contributed by atoms with van der Waals surface area (Å²) < 4.78 is 7.48. The molecule has 4 rings (SSSR count). The first-order valence-corrected chi connectivity index (χ1v) is 11.0. The molecule has 0 spiro atoms. The molecule has 0 radical (unpaired) electrons. The molecule has 3 heterocycles. The van der Waals surface area contributed by atoms with Crippen molar-refractivity contribution in [1.82, 2.24) is 19.4 Å². The highest BCUT2D eigenvalue weighted by Crippen LogP contribution is 2.24. The summed E-state index contributed by atoms with van der Waals surface area (Å²) in [6, 6.07) is 11.9. The normalized spacial score (nSPS) is 16.3. The maximum Gasteiger partial charge on any atom is 0.222 e. The van der Waals surface area contributed by atoms with Gasteiger partial charge < -0.3 is 14.2 Å². The van der Waals surface area contributed by atoms with Gasteiger partial charge in [0.25, 0.3) is 0 Å². The van der Waals surface area contributed by atoms with E-state index in [1.54, 1.807) is 13.3 Å². The number of ether oxygens (including phenoxy) is 1. The summed E-state index contributed by atoms with van der Waals surface area (Å²) >= 11 is 0. The van der Waals surface area contributed by atoms with Crippen molar-refractivity contribution in [2.24, 2.45) is 5.92 Å². The number of methoxy groups -OCH3 is 1. The molecular weight excluding hydrogens is 388 g/mol. The van der Waals surface area contributed by atoms with Gasteiger partial charge in [-0.15, -0.1) is 0 Å². The second-order valence-electron chi connectivity index (χ2n) is 8.27. The second kappa shape index (κ2) is 9.77. The number of amides is 1. The molecule has 0 saturated carbocycles. The van der Waals surface area contributed by atoms with Crippen LogP contribution in [0.4, 0.5) is 0 Å². The summed E-state index contributed by atoms with van der Waals surface area (Å²) in [5.41, 5.74) is 3.33. The average molecular weight is 419 g/mol. The smallest absolute Gasteiger partial charge is 0.222 e. The van der Waals surface area contributed by atoms with Crippen molar-refractivity contribution in [3.05, 3.63) is 66.2 Å². The van der Waals surface area contributed by atoms with Crippen molar-refractivity contribution in [2.75, 3.05) is 20.2 Å². The monoisotopic (exact) mass is 418 g/mol. The molecule has 0 aliphatic carbocycles. The lowest BCUT2D eigenvalue weighted by atomic mass is 9.97. The van der Waals surface area contributed by atoms with Gasteiger partial charge in [0.15, 0.2) is 0 Å². The molecule has 31 heavy (non-hydrogen) atoms. The van der Waals surface area contributed by atoms with Crippen LogP contribution in [0.15, 0.2) is 55.0 Å². The average Bonchev–Trinajstić information content (AvgIpc) is 3.18. The number of hydrogen-bond donors (Lipinski definition) is 0. The van der Waals surface area contributed by atoms with Crippen LogP contribution < -0.4 is 4.74 Å². The molecule has 162 valence electrons. The van der Waals surface area contributed by atoms with Crippen LogP contribution in [0.1, 0.15) is 30.5 Å². The van der Waals surface area contributed by atoms with E-state index in [1.165, 1.54) is 0 Å². The number of carbonyl (C=O) groups excluding carboxylic acids is 1. The number of aryl methyl sites for hydroxylation is 2. The Morgan fingerprint density at radius 3 is 2.77 bits per heavy atom. The van der Waals surface area contributed by atoms with E-state index in [0.717, 1.165) is 67.3 Å². The summed E-state index contributed by atoms with van der Waals surface area (Å²) in [5, 5.41) is 0. The molecule has 2 aromatic heterocycles. The molecule has 1 fully saturated rings. The number of piperidine rings is 1. The maximum atomic E-state index is 12.9. The van der Waals surface area contributed by atoms with Crippen molar-refractivity contribution >= 4 is 5.91 Å². The van der Waals surface area contributed by atoms with Gasteiger partial charge in [0.1, 0.15) is 11.6 Å². The van der Waals surface area contributed by atoms with Gasteiger partial charge in [0.05, 0.1) is 7.11 Å².